The molecule has 0 spiro atoms. The van der Waals surface area contributed by atoms with Crippen molar-refractivity contribution in [2.24, 2.45) is 5.92 Å². The van der Waals surface area contributed by atoms with Crippen molar-refractivity contribution in [3.05, 3.63) is 28.2 Å². The van der Waals surface area contributed by atoms with Crippen molar-refractivity contribution in [1.82, 2.24) is 5.32 Å². The van der Waals surface area contributed by atoms with E-state index >= 15 is 0 Å². The monoisotopic (exact) mass is 359 g/mol. The number of carboxylic acids is 1. The number of halogens is 1. The zero-order valence-electron chi connectivity index (χ0n) is 11.6. The first kappa shape index (κ1) is 17.0. The van der Waals surface area contributed by atoms with E-state index in [1.807, 2.05) is 20.8 Å². The molecule has 0 bridgehead atoms. The average Bonchev–Trinajstić information content (AvgIpc) is 2.35. The first-order valence-electron chi connectivity index (χ1n) is 6.26. The predicted octanol–water partition coefficient (Wildman–Crippen LogP) is 3.40. The summed E-state index contributed by atoms with van der Waals surface area (Å²) in [6.45, 7) is 6.03. The number of thioether (sulfide) groups is 1. The van der Waals surface area contributed by atoms with Crippen LogP contribution in [0.15, 0.2) is 27.6 Å². The molecule has 0 aromatic heterocycles. The Balaban J connectivity index is 2.68. The van der Waals surface area contributed by atoms with E-state index in [0.29, 0.717) is 10.8 Å². The Bertz CT molecular complexity index is 505. The molecule has 20 heavy (non-hydrogen) atoms. The van der Waals surface area contributed by atoms with Gasteiger partial charge in [-0.25, -0.2) is 4.79 Å². The number of nitrogens with one attached hydrogen (secondary N) is 1. The van der Waals surface area contributed by atoms with Crippen LogP contribution in [0.25, 0.3) is 0 Å². The molecule has 110 valence electrons. The fourth-order valence-corrected chi connectivity index (χ4v) is 2.80. The molecular weight excluding hydrogens is 342 g/mol. The van der Waals surface area contributed by atoms with Gasteiger partial charge >= 0.3 is 5.97 Å². The highest BCUT2D eigenvalue weighted by molar-refractivity contribution is 9.10. The van der Waals surface area contributed by atoms with Crippen LogP contribution < -0.4 is 5.32 Å². The minimum Gasteiger partial charge on any atom is -0.478 e. The van der Waals surface area contributed by atoms with Gasteiger partial charge in [-0.05, 0) is 31.0 Å². The molecular formula is C14H18BrNO3S. The standard InChI is InChI=1S/C14H18BrNO3S/c1-8(2)9(3)16-13(17)7-20-12-6-10(15)4-5-11(12)14(18)19/h4-6,8-9H,7H2,1-3H3,(H,16,17)(H,18,19). The van der Waals surface area contributed by atoms with Crippen LogP contribution in [0, 0.1) is 5.92 Å². The van der Waals surface area contributed by atoms with Gasteiger partial charge in [0.05, 0.1) is 11.3 Å². The molecule has 1 aromatic carbocycles. The summed E-state index contributed by atoms with van der Waals surface area (Å²) in [5.74, 6) is -0.513. The molecule has 1 aromatic rings. The van der Waals surface area contributed by atoms with Gasteiger partial charge in [-0.3, -0.25) is 4.79 Å². The summed E-state index contributed by atoms with van der Waals surface area (Å²) >= 11 is 4.53. The molecule has 1 rings (SSSR count). The largest absolute Gasteiger partial charge is 0.478 e. The summed E-state index contributed by atoms with van der Waals surface area (Å²) in [4.78, 5) is 23.5. The molecule has 1 unspecified atom stereocenters. The number of carbonyl (C=O) groups is 2. The molecule has 0 radical (unpaired) electrons. The van der Waals surface area contributed by atoms with Gasteiger partial charge < -0.3 is 10.4 Å². The second kappa shape index (κ2) is 7.69. The summed E-state index contributed by atoms with van der Waals surface area (Å²) in [5, 5.41) is 12.0. The van der Waals surface area contributed by atoms with Gasteiger partial charge in [-0.15, -0.1) is 11.8 Å². The maximum absolute atomic E-state index is 11.8. The first-order valence-corrected chi connectivity index (χ1v) is 8.04. The van der Waals surface area contributed by atoms with Crippen LogP contribution in [0.5, 0.6) is 0 Å². The fourth-order valence-electron chi connectivity index (χ4n) is 1.40. The Morgan fingerprint density at radius 2 is 2.00 bits per heavy atom. The summed E-state index contributed by atoms with van der Waals surface area (Å²) in [5.41, 5.74) is 0.211. The van der Waals surface area contributed by atoms with Gasteiger partial charge in [0, 0.05) is 15.4 Å². The molecule has 0 aliphatic heterocycles. The van der Waals surface area contributed by atoms with Crippen LogP contribution in [-0.4, -0.2) is 28.8 Å². The van der Waals surface area contributed by atoms with E-state index in [4.69, 9.17) is 5.11 Å². The van der Waals surface area contributed by atoms with Crippen molar-refractivity contribution in [2.75, 3.05) is 5.75 Å². The van der Waals surface area contributed by atoms with E-state index < -0.39 is 5.97 Å². The van der Waals surface area contributed by atoms with Crippen molar-refractivity contribution in [1.29, 1.82) is 0 Å². The van der Waals surface area contributed by atoms with Crippen LogP contribution in [0.1, 0.15) is 31.1 Å². The van der Waals surface area contributed by atoms with Crippen molar-refractivity contribution in [3.63, 3.8) is 0 Å². The van der Waals surface area contributed by atoms with E-state index in [1.54, 1.807) is 12.1 Å². The number of rotatable bonds is 6. The van der Waals surface area contributed by atoms with Crippen molar-refractivity contribution in [3.8, 4) is 0 Å². The van der Waals surface area contributed by atoms with E-state index in [0.717, 1.165) is 4.47 Å². The molecule has 0 aliphatic carbocycles. The summed E-state index contributed by atoms with van der Waals surface area (Å²) < 4.78 is 0.793. The van der Waals surface area contributed by atoms with Gasteiger partial charge in [0.25, 0.3) is 0 Å². The first-order chi connectivity index (χ1) is 9.31. The zero-order chi connectivity index (χ0) is 15.3. The number of carboxylic acid groups (broad SMARTS) is 1. The van der Waals surface area contributed by atoms with Crippen LogP contribution in [0.3, 0.4) is 0 Å². The molecule has 0 fully saturated rings. The van der Waals surface area contributed by atoms with E-state index in [-0.39, 0.29) is 23.3 Å². The lowest BCUT2D eigenvalue weighted by Gasteiger charge is -2.17. The Morgan fingerprint density at radius 3 is 2.55 bits per heavy atom. The van der Waals surface area contributed by atoms with Crippen molar-refractivity contribution < 1.29 is 14.7 Å². The highest BCUT2D eigenvalue weighted by atomic mass is 79.9. The van der Waals surface area contributed by atoms with E-state index in [2.05, 4.69) is 21.2 Å². The second-order valence-corrected chi connectivity index (χ2v) is 6.77. The van der Waals surface area contributed by atoms with E-state index in [9.17, 15) is 9.59 Å². The fraction of sp³-hybridized carbons (Fsp3) is 0.429. The van der Waals surface area contributed by atoms with E-state index in [1.165, 1.54) is 17.8 Å². The van der Waals surface area contributed by atoms with Crippen LogP contribution in [0.4, 0.5) is 0 Å². The maximum atomic E-state index is 11.8. The topological polar surface area (TPSA) is 66.4 Å². The molecule has 0 heterocycles. The lowest BCUT2D eigenvalue weighted by molar-refractivity contribution is -0.119. The van der Waals surface area contributed by atoms with Gasteiger partial charge in [-0.2, -0.15) is 0 Å². The van der Waals surface area contributed by atoms with Crippen LogP contribution in [0.2, 0.25) is 0 Å². The summed E-state index contributed by atoms with van der Waals surface area (Å²) in [7, 11) is 0. The third-order valence-corrected chi connectivity index (χ3v) is 4.47. The number of carbonyl (C=O) groups excluding carboxylic acids is 1. The normalized spacial score (nSPS) is 12.2. The number of benzene rings is 1. The van der Waals surface area contributed by atoms with Gasteiger partial charge in [0.15, 0.2) is 0 Å². The lowest BCUT2D eigenvalue weighted by Crippen LogP contribution is -2.37. The summed E-state index contributed by atoms with van der Waals surface area (Å²) in [6, 6.07) is 5.02. The minimum absolute atomic E-state index is 0.0903. The number of hydrogen-bond donors (Lipinski definition) is 2. The molecule has 0 saturated carbocycles. The maximum Gasteiger partial charge on any atom is 0.336 e. The van der Waals surface area contributed by atoms with Crippen LogP contribution >= 0.6 is 27.7 Å². The third-order valence-electron chi connectivity index (χ3n) is 2.92. The van der Waals surface area contributed by atoms with Crippen molar-refractivity contribution in [2.45, 2.75) is 31.7 Å². The molecule has 0 saturated heterocycles. The molecule has 1 amide bonds. The molecule has 0 aliphatic rings. The predicted molar refractivity (Wildman–Crippen MR) is 84.3 cm³/mol. The highest BCUT2D eigenvalue weighted by Gasteiger charge is 2.14. The summed E-state index contributed by atoms with van der Waals surface area (Å²) in [6.07, 6.45) is 0. The zero-order valence-corrected chi connectivity index (χ0v) is 14.0. The average molecular weight is 360 g/mol. The molecule has 2 N–H and O–H groups in total. The van der Waals surface area contributed by atoms with Crippen molar-refractivity contribution >= 4 is 39.6 Å². The molecule has 4 nitrogen and oxygen atoms in total. The quantitative estimate of drug-likeness (QED) is 0.763. The van der Waals surface area contributed by atoms with Gasteiger partial charge in [-0.1, -0.05) is 29.8 Å². The minimum atomic E-state index is -0.990. The van der Waals surface area contributed by atoms with Crippen LogP contribution in [-0.2, 0) is 4.79 Å². The third kappa shape index (κ3) is 5.17. The Labute approximate surface area is 131 Å². The van der Waals surface area contributed by atoms with Gasteiger partial charge in [0.2, 0.25) is 5.91 Å². The Kier molecular flexibility index (Phi) is 6.55. The second-order valence-electron chi connectivity index (χ2n) is 4.83. The molecule has 6 heteroatoms. The Morgan fingerprint density at radius 1 is 1.35 bits per heavy atom. The molecule has 1 atom stereocenters. The highest BCUT2D eigenvalue weighted by Crippen LogP contribution is 2.26. The van der Waals surface area contributed by atoms with Gasteiger partial charge in [0.1, 0.15) is 0 Å². The Hall–Kier alpha value is -1.01. The number of amides is 1. The number of hydrogen-bond acceptors (Lipinski definition) is 3. The smallest absolute Gasteiger partial charge is 0.336 e. The SMILES string of the molecule is CC(C)C(C)NC(=O)CSc1cc(Br)ccc1C(=O)O. The number of aromatic carboxylic acids is 1. The lowest BCUT2D eigenvalue weighted by atomic mass is 10.1.